The number of aliphatic hydroxyl groups is 1. The number of carbonyl (C=O) groups is 1. The van der Waals surface area contributed by atoms with Crippen molar-refractivity contribution in [3.8, 4) is 0 Å². The summed E-state index contributed by atoms with van der Waals surface area (Å²) in [4.78, 5) is 20.8. The molecular weight excluding hydrogens is 428 g/mol. The quantitative estimate of drug-likeness (QED) is 0.583. The number of hydrogen-bond donors (Lipinski definition) is 1. The van der Waals surface area contributed by atoms with E-state index in [-0.39, 0.29) is 12.7 Å². The fraction of sp³-hybridized carbons (Fsp3) is 0.407. The molecule has 0 spiro atoms. The summed E-state index contributed by atoms with van der Waals surface area (Å²) in [5.41, 5.74) is 3.46. The van der Waals surface area contributed by atoms with E-state index in [4.69, 9.17) is 9.84 Å². The largest absolute Gasteiger partial charge is 0.445 e. The molecule has 0 saturated carbocycles. The molecule has 4 rings (SSSR count). The van der Waals surface area contributed by atoms with E-state index in [0.29, 0.717) is 19.7 Å². The van der Waals surface area contributed by atoms with Gasteiger partial charge in [0, 0.05) is 52.1 Å². The zero-order valence-electron chi connectivity index (χ0n) is 20.6. The van der Waals surface area contributed by atoms with Crippen molar-refractivity contribution < 1.29 is 14.6 Å². The van der Waals surface area contributed by atoms with Gasteiger partial charge in [0.05, 0.1) is 12.0 Å². The number of amides is 1. The maximum Gasteiger partial charge on any atom is 0.410 e. The molecule has 1 aliphatic heterocycles. The summed E-state index contributed by atoms with van der Waals surface area (Å²) in [6.45, 7) is 10.9. The summed E-state index contributed by atoms with van der Waals surface area (Å²) in [7, 11) is 0. The van der Waals surface area contributed by atoms with E-state index in [0.717, 1.165) is 31.7 Å². The lowest BCUT2D eigenvalue weighted by atomic mass is 10.2. The van der Waals surface area contributed by atoms with Gasteiger partial charge in [0.2, 0.25) is 0 Å². The van der Waals surface area contributed by atoms with Crippen molar-refractivity contribution in [3.05, 3.63) is 90.0 Å². The standard InChI is InChI=1S/C23H26N4O2.C2H6O.C2H6/c28-23(29-18-21-9-5-2-6-10-21)26-13-11-25(12-14-26)17-22-15-24-19-27(22)16-20-7-3-1-4-8-20;1-2-3;1-2/h1-10,15,19H,11-14,16-18H2;3H,2H2,1H3;1-2H3. The predicted octanol–water partition coefficient (Wildman–Crippen LogP) is 4.41. The number of ether oxygens (including phenoxy) is 1. The molecule has 0 aliphatic carbocycles. The molecule has 0 bridgehead atoms. The Hall–Kier alpha value is -3.16. The number of imidazole rings is 1. The van der Waals surface area contributed by atoms with Crippen LogP contribution in [0.1, 0.15) is 37.6 Å². The van der Waals surface area contributed by atoms with Gasteiger partial charge in [-0.15, -0.1) is 0 Å². The Morgan fingerprint density at radius 1 is 0.912 bits per heavy atom. The van der Waals surface area contributed by atoms with Crippen molar-refractivity contribution in [3.63, 3.8) is 0 Å². The van der Waals surface area contributed by atoms with Crippen LogP contribution in [0.2, 0.25) is 0 Å². The van der Waals surface area contributed by atoms with Gasteiger partial charge in [-0.2, -0.15) is 0 Å². The topological polar surface area (TPSA) is 70.8 Å². The van der Waals surface area contributed by atoms with Crippen LogP contribution in [-0.2, 0) is 24.4 Å². The lowest BCUT2D eigenvalue weighted by molar-refractivity contribution is 0.0695. The first kappa shape index (κ1) is 27.1. The summed E-state index contributed by atoms with van der Waals surface area (Å²) in [5, 5.41) is 7.57. The molecule has 1 saturated heterocycles. The van der Waals surface area contributed by atoms with Crippen LogP contribution in [0, 0.1) is 0 Å². The molecule has 7 heteroatoms. The maximum absolute atomic E-state index is 12.3. The Morgan fingerprint density at radius 3 is 2.06 bits per heavy atom. The lowest BCUT2D eigenvalue weighted by Crippen LogP contribution is -2.48. The zero-order chi connectivity index (χ0) is 24.6. The average Bonchev–Trinajstić information content (AvgIpc) is 3.32. The second kappa shape index (κ2) is 15.6. The Bertz CT molecular complexity index is 923. The molecular formula is C27H38N4O3. The summed E-state index contributed by atoms with van der Waals surface area (Å²) >= 11 is 0. The molecule has 1 N–H and O–H groups in total. The highest BCUT2D eigenvalue weighted by Gasteiger charge is 2.23. The normalized spacial score (nSPS) is 13.2. The predicted molar refractivity (Wildman–Crippen MR) is 135 cm³/mol. The average molecular weight is 467 g/mol. The molecule has 1 aromatic heterocycles. The fourth-order valence-corrected chi connectivity index (χ4v) is 3.53. The summed E-state index contributed by atoms with van der Waals surface area (Å²) in [5.74, 6) is 0. The molecule has 7 nitrogen and oxygen atoms in total. The van der Waals surface area contributed by atoms with E-state index in [1.165, 1.54) is 11.3 Å². The van der Waals surface area contributed by atoms with Crippen LogP contribution in [0.15, 0.2) is 73.2 Å². The van der Waals surface area contributed by atoms with Crippen molar-refractivity contribution >= 4 is 6.09 Å². The Labute approximate surface area is 203 Å². The van der Waals surface area contributed by atoms with Crippen molar-refractivity contribution in [2.24, 2.45) is 0 Å². The molecule has 1 amide bonds. The number of piperazine rings is 1. The van der Waals surface area contributed by atoms with Gasteiger partial charge < -0.3 is 19.3 Å². The second-order valence-electron chi connectivity index (χ2n) is 7.62. The first-order valence-corrected chi connectivity index (χ1v) is 12.0. The second-order valence-corrected chi connectivity index (χ2v) is 7.62. The van der Waals surface area contributed by atoms with Gasteiger partial charge >= 0.3 is 6.09 Å². The monoisotopic (exact) mass is 466 g/mol. The molecule has 184 valence electrons. The van der Waals surface area contributed by atoms with Crippen molar-refractivity contribution in [2.45, 2.75) is 40.5 Å². The first-order chi connectivity index (χ1) is 16.7. The van der Waals surface area contributed by atoms with Gasteiger partial charge in [-0.05, 0) is 18.1 Å². The number of hydrogen-bond acceptors (Lipinski definition) is 5. The van der Waals surface area contributed by atoms with Gasteiger partial charge in [-0.3, -0.25) is 4.90 Å². The maximum atomic E-state index is 12.3. The third-order valence-electron chi connectivity index (χ3n) is 5.22. The first-order valence-electron chi connectivity index (χ1n) is 12.0. The summed E-state index contributed by atoms with van der Waals surface area (Å²) in [6, 6.07) is 20.2. The summed E-state index contributed by atoms with van der Waals surface area (Å²) < 4.78 is 7.64. The number of benzene rings is 2. The van der Waals surface area contributed by atoms with Crippen LogP contribution >= 0.6 is 0 Å². The SMILES string of the molecule is CC.CCO.O=C(OCc1ccccc1)N1CCN(Cc2cncn2Cc2ccccc2)CC1. The number of aliphatic hydroxyl groups excluding tert-OH is 1. The van der Waals surface area contributed by atoms with Crippen molar-refractivity contribution in [1.82, 2.24) is 19.4 Å². The van der Waals surface area contributed by atoms with Gasteiger partial charge in [0.1, 0.15) is 6.61 Å². The van der Waals surface area contributed by atoms with Gasteiger partial charge in [-0.25, -0.2) is 9.78 Å². The van der Waals surface area contributed by atoms with Crippen LogP contribution < -0.4 is 0 Å². The zero-order valence-corrected chi connectivity index (χ0v) is 20.6. The Kier molecular flexibility index (Phi) is 12.5. The Morgan fingerprint density at radius 2 is 1.47 bits per heavy atom. The van der Waals surface area contributed by atoms with Crippen LogP contribution in [-0.4, -0.2) is 63.3 Å². The van der Waals surface area contributed by atoms with Gasteiger partial charge in [0.25, 0.3) is 0 Å². The minimum Gasteiger partial charge on any atom is -0.445 e. The molecule has 2 aromatic carbocycles. The van der Waals surface area contributed by atoms with Crippen LogP contribution in [0.3, 0.4) is 0 Å². The molecule has 0 radical (unpaired) electrons. The third-order valence-corrected chi connectivity index (χ3v) is 5.22. The van der Waals surface area contributed by atoms with Crippen LogP contribution in [0.5, 0.6) is 0 Å². The van der Waals surface area contributed by atoms with E-state index < -0.39 is 0 Å². The van der Waals surface area contributed by atoms with E-state index in [1.807, 2.05) is 62.8 Å². The number of aromatic nitrogens is 2. The van der Waals surface area contributed by atoms with E-state index in [2.05, 4.69) is 38.7 Å². The molecule has 0 atom stereocenters. The number of nitrogens with zero attached hydrogens (tertiary/aromatic N) is 4. The van der Waals surface area contributed by atoms with E-state index in [1.54, 1.807) is 11.8 Å². The van der Waals surface area contributed by atoms with Crippen molar-refractivity contribution in [1.29, 1.82) is 0 Å². The van der Waals surface area contributed by atoms with E-state index >= 15 is 0 Å². The number of carbonyl (C=O) groups excluding carboxylic acids is 1. The summed E-state index contributed by atoms with van der Waals surface area (Å²) in [6.07, 6.45) is 3.59. The molecule has 0 unspecified atom stereocenters. The van der Waals surface area contributed by atoms with Crippen molar-refractivity contribution in [2.75, 3.05) is 32.8 Å². The smallest absolute Gasteiger partial charge is 0.410 e. The lowest BCUT2D eigenvalue weighted by Gasteiger charge is -2.34. The molecule has 34 heavy (non-hydrogen) atoms. The molecule has 1 aliphatic rings. The minimum absolute atomic E-state index is 0.234. The third kappa shape index (κ3) is 9.00. The number of rotatable bonds is 6. The van der Waals surface area contributed by atoms with Crippen LogP contribution in [0.25, 0.3) is 0 Å². The van der Waals surface area contributed by atoms with Gasteiger partial charge in [-0.1, -0.05) is 74.5 Å². The highest BCUT2D eigenvalue weighted by Crippen LogP contribution is 2.12. The highest BCUT2D eigenvalue weighted by molar-refractivity contribution is 5.67. The van der Waals surface area contributed by atoms with Crippen LogP contribution in [0.4, 0.5) is 4.79 Å². The molecule has 2 heterocycles. The Balaban J connectivity index is 0.000000758. The van der Waals surface area contributed by atoms with Gasteiger partial charge in [0.15, 0.2) is 0 Å². The minimum atomic E-state index is -0.234. The highest BCUT2D eigenvalue weighted by atomic mass is 16.6. The molecule has 1 fully saturated rings. The molecule has 3 aromatic rings. The fourth-order valence-electron chi connectivity index (χ4n) is 3.53. The van der Waals surface area contributed by atoms with E-state index in [9.17, 15) is 4.79 Å².